The largest absolute Gasteiger partial charge is 0.381 e. The van der Waals surface area contributed by atoms with Gasteiger partial charge in [-0.1, -0.05) is 23.7 Å². The predicted octanol–water partition coefficient (Wildman–Crippen LogP) is 3.05. The minimum Gasteiger partial charge on any atom is -0.381 e. The third kappa shape index (κ3) is 3.57. The highest BCUT2D eigenvalue weighted by Crippen LogP contribution is 2.34. The van der Waals surface area contributed by atoms with Gasteiger partial charge in [0.15, 0.2) is 0 Å². The maximum atomic E-state index is 13.7. The molecule has 1 aromatic heterocycles. The van der Waals surface area contributed by atoms with E-state index in [0.717, 1.165) is 30.6 Å². The van der Waals surface area contributed by atoms with E-state index in [2.05, 4.69) is 10.3 Å². The molecule has 0 radical (unpaired) electrons. The zero-order valence-electron chi connectivity index (χ0n) is 13.2. The number of hydrogen-bond acceptors (Lipinski definition) is 3. The van der Waals surface area contributed by atoms with Gasteiger partial charge in [0.2, 0.25) is 0 Å². The van der Waals surface area contributed by atoms with Crippen molar-refractivity contribution in [3.8, 4) is 0 Å². The number of hydrogen-bond donors (Lipinski definition) is 1. The van der Waals surface area contributed by atoms with E-state index in [9.17, 15) is 4.39 Å². The van der Waals surface area contributed by atoms with Crippen molar-refractivity contribution in [3.63, 3.8) is 0 Å². The van der Waals surface area contributed by atoms with Crippen LogP contribution in [0.3, 0.4) is 0 Å². The lowest BCUT2D eigenvalue weighted by Crippen LogP contribution is -2.42. The van der Waals surface area contributed by atoms with Crippen LogP contribution in [0, 0.1) is 5.82 Å². The van der Waals surface area contributed by atoms with Crippen LogP contribution < -0.4 is 5.32 Å². The average molecular weight is 338 g/mol. The molecule has 0 unspecified atom stereocenters. The normalized spacial score (nSPS) is 17.3. The number of aryl methyl sites for hydroxylation is 1. The van der Waals surface area contributed by atoms with Crippen LogP contribution in [-0.2, 0) is 23.7 Å². The quantitative estimate of drug-likeness (QED) is 0.911. The molecule has 2 aromatic rings. The number of rotatable bonds is 5. The molecular formula is C17H21ClFN3O. The van der Waals surface area contributed by atoms with Crippen LogP contribution in [0.25, 0.3) is 0 Å². The molecule has 1 aliphatic rings. The summed E-state index contributed by atoms with van der Waals surface area (Å²) in [5.74, 6) is -0.193. The number of aromatic nitrogens is 2. The molecule has 1 saturated heterocycles. The van der Waals surface area contributed by atoms with Gasteiger partial charge in [-0.25, -0.2) is 9.37 Å². The van der Waals surface area contributed by atoms with Gasteiger partial charge in [0.1, 0.15) is 11.0 Å². The topological polar surface area (TPSA) is 39.1 Å². The van der Waals surface area contributed by atoms with Gasteiger partial charge in [0, 0.05) is 38.8 Å². The fourth-order valence-electron chi connectivity index (χ4n) is 3.15. The molecule has 0 amide bonds. The summed E-state index contributed by atoms with van der Waals surface area (Å²) in [6.45, 7) is 2.73. The van der Waals surface area contributed by atoms with Crippen LogP contribution in [0.4, 0.5) is 4.39 Å². The molecule has 0 atom stereocenters. The van der Waals surface area contributed by atoms with Gasteiger partial charge in [0.05, 0.1) is 12.0 Å². The molecule has 23 heavy (non-hydrogen) atoms. The average Bonchev–Trinajstić information content (AvgIpc) is 2.88. The summed E-state index contributed by atoms with van der Waals surface area (Å²) in [5, 5.41) is 4.09. The van der Waals surface area contributed by atoms with E-state index in [4.69, 9.17) is 16.3 Å². The summed E-state index contributed by atoms with van der Waals surface area (Å²) < 4.78 is 20.9. The van der Waals surface area contributed by atoms with Crippen molar-refractivity contribution in [2.24, 2.45) is 7.05 Å². The van der Waals surface area contributed by atoms with Crippen molar-refractivity contribution < 1.29 is 9.13 Å². The number of imidazole rings is 1. The number of nitrogens with zero attached hydrogens (tertiary/aromatic N) is 2. The standard InChI is InChI=1S/C17H21ClFN3O/c1-22-12-21-15(16(22)18)10-20-11-17(5-7-23-8-6-17)13-3-2-4-14(19)9-13/h2-4,9,12,20H,5-8,10-11H2,1H3. The Hall–Kier alpha value is -1.43. The number of nitrogens with one attached hydrogen (secondary N) is 1. The maximum Gasteiger partial charge on any atom is 0.132 e. The Morgan fingerprint density at radius 1 is 1.39 bits per heavy atom. The lowest BCUT2D eigenvalue weighted by molar-refractivity contribution is 0.0496. The summed E-state index contributed by atoms with van der Waals surface area (Å²) in [7, 11) is 1.87. The van der Waals surface area contributed by atoms with E-state index >= 15 is 0 Å². The second-order valence-electron chi connectivity index (χ2n) is 6.10. The van der Waals surface area contributed by atoms with E-state index in [1.165, 1.54) is 6.07 Å². The third-order valence-corrected chi connectivity index (χ3v) is 5.06. The van der Waals surface area contributed by atoms with Crippen LogP contribution in [0.1, 0.15) is 24.1 Å². The lowest BCUT2D eigenvalue weighted by atomic mass is 9.74. The first-order valence-corrected chi connectivity index (χ1v) is 8.19. The number of benzene rings is 1. The van der Waals surface area contributed by atoms with Crippen molar-refractivity contribution in [3.05, 3.63) is 52.8 Å². The van der Waals surface area contributed by atoms with Crippen LogP contribution in [-0.4, -0.2) is 29.3 Å². The molecule has 0 bridgehead atoms. The highest BCUT2D eigenvalue weighted by molar-refractivity contribution is 6.30. The van der Waals surface area contributed by atoms with Crippen LogP contribution >= 0.6 is 11.6 Å². The Balaban J connectivity index is 1.73. The molecule has 2 heterocycles. The SMILES string of the molecule is Cn1cnc(CNCC2(c3cccc(F)c3)CCOCC2)c1Cl. The van der Waals surface area contributed by atoms with Crippen molar-refractivity contribution >= 4 is 11.6 Å². The Morgan fingerprint density at radius 2 is 2.17 bits per heavy atom. The Kier molecular flexibility index (Phi) is 4.99. The smallest absolute Gasteiger partial charge is 0.132 e. The Bertz CT molecular complexity index is 668. The van der Waals surface area contributed by atoms with Crippen LogP contribution in [0.2, 0.25) is 5.15 Å². The van der Waals surface area contributed by atoms with Gasteiger partial charge in [-0.05, 0) is 30.5 Å². The van der Waals surface area contributed by atoms with E-state index in [0.29, 0.717) is 24.9 Å². The summed E-state index contributed by atoms with van der Waals surface area (Å²) in [4.78, 5) is 4.29. The second-order valence-corrected chi connectivity index (χ2v) is 6.46. The highest BCUT2D eigenvalue weighted by atomic mass is 35.5. The van der Waals surface area contributed by atoms with Gasteiger partial charge in [0.25, 0.3) is 0 Å². The third-order valence-electron chi connectivity index (χ3n) is 4.58. The minimum absolute atomic E-state index is 0.110. The van der Waals surface area contributed by atoms with Crippen LogP contribution in [0.15, 0.2) is 30.6 Å². The van der Waals surface area contributed by atoms with Gasteiger partial charge >= 0.3 is 0 Å². The fraction of sp³-hybridized carbons (Fsp3) is 0.471. The van der Waals surface area contributed by atoms with Gasteiger partial charge in [-0.2, -0.15) is 0 Å². The zero-order valence-corrected chi connectivity index (χ0v) is 13.9. The molecule has 1 N–H and O–H groups in total. The first-order chi connectivity index (χ1) is 11.1. The summed E-state index contributed by atoms with van der Waals surface area (Å²) in [6.07, 6.45) is 3.45. The first-order valence-electron chi connectivity index (χ1n) is 7.81. The predicted molar refractivity (Wildman–Crippen MR) is 88.1 cm³/mol. The Labute approximate surface area is 140 Å². The molecular weight excluding hydrogens is 317 g/mol. The molecule has 3 rings (SSSR count). The van der Waals surface area contributed by atoms with Crippen molar-refractivity contribution in [2.45, 2.75) is 24.8 Å². The van der Waals surface area contributed by atoms with Gasteiger partial charge in [-0.15, -0.1) is 0 Å². The van der Waals surface area contributed by atoms with Crippen LogP contribution in [0.5, 0.6) is 0 Å². The molecule has 124 valence electrons. The monoisotopic (exact) mass is 337 g/mol. The first kappa shape index (κ1) is 16.4. The summed E-state index contributed by atoms with van der Waals surface area (Å²) in [6, 6.07) is 6.90. The molecule has 0 saturated carbocycles. The van der Waals surface area contributed by atoms with Crippen molar-refractivity contribution in [1.29, 1.82) is 0 Å². The van der Waals surface area contributed by atoms with Crippen molar-refractivity contribution in [1.82, 2.24) is 14.9 Å². The summed E-state index contributed by atoms with van der Waals surface area (Å²) >= 11 is 6.19. The van der Waals surface area contributed by atoms with E-state index < -0.39 is 0 Å². The van der Waals surface area contributed by atoms with Gasteiger partial charge in [-0.3, -0.25) is 0 Å². The number of ether oxygens (including phenoxy) is 1. The van der Waals surface area contributed by atoms with E-state index in [1.54, 1.807) is 23.0 Å². The summed E-state index contributed by atoms with van der Waals surface area (Å²) in [5.41, 5.74) is 1.75. The molecule has 1 fully saturated rings. The fourth-order valence-corrected chi connectivity index (χ4v) is 3.31. The zero-order chi connectivity index (χ0) is 16.3. The molecule has 0 spiro atoms. The highest BCUT2D eigenvalue weighted by Gasteiger charge is 2.34. The van der Waals surface area contributed by atoms with Crippen molar-refractivity contribution in [2.75, 3.05) is 19.8 Å². The number of halogens is 2. The molecule has 1 aliphatic heterocycles. The molecule has 0 aliphatic carbocycles. The lowest BCUT2D eigenvalue weighted by Gasteiger charge is -2.38. The molecule has 4 nitrogen and oxygen atoms in total. The molecule has 6 heteroatoms. The Morgan fingerprint density at radius 3 is 2.83 bits per heavy atom. The minimum atomic E-state index is -0.193. The second kappa shape index (κ2) is 6.99. The maximum absolute atomic E-state index is 13.7. The van der Waals surface area contributed by atoms with E-state index in [-0.39, 0.29) is 11.2 Å². The molecule has 1 aromatic carbocycles. The van der Waals surface area contributed by atoms with E-state index in [1.807, 2.05) is 13.1 Å². The van der Waals surface area contributed by atoms with Gasteiger partial charge < -0.3 is 14.6 Å².